The number of benzene rings is 1. The molecule has 1 saturated carbocycles. The second kappa shape index (κ2) is 6.18. The third-order valence-electron chi connectivity index (χ3n) is 4.82. The van der Waals surface area contributed by atoms with Gasteiger partial charge in [-0.15, -0.1) is 0 Å². The van der Waals surface area contributed by atoms with Crippen LogP contribution in [0, 0.1) is 0 Å². The van der Waals surface area contributed by atoms with E-state index in [0.29, 0.717) is 0 Å². The molecule has 3 nitrogen and oxygen atoms in total. The van der Waals surface area contributed by atoms with Gasteiger partial charge < -0.3 is 5.32 Å². The molecule has 114 valence electrons. The van der Waals surface area contributed by atoms with Gasteiger partial charge >= 0.3 is 0 Å². The van der Waals surface area contributed by atoms with Crippen LogP contribution in [0.5, 0.6) is 0 Å². The fraction of sp³-hybridized carbons (Fsp3) is 0.611. The zero-order chi connectivity index (χ0) is 14.8. The zero-order valence-electron chi connectivity index (χ0n) is 13.2. The summed E-state index contributed by atoms with van der Waals surface area (Å²) in [4.78, 5) is 14.8. The SMILES string of the molecule is CC(C)NC(=O)c1ccc2c(c1)CCN(C1CCC1)CC2. The molecular formula is C18H26N2O. The van der Waals surface area contributed by atoms with Crippen LogP contribution >= 0.6 is 0 Å². The molecule has 1 aromatic carbocycles. The number of nitrogens with zero attached hydrogens (tertiary/aromatic N) is 1. The minimum Gasteiger partial charge on any atom is -0.350 e. The molecule has 3 rings (SSSR count). The van der Waals surface area contributed by atoms with Crippen LogP contribution in [-0.4, -0.2) is 36.0 Å². The van der Waals surface area contributed by atoms with Crippen molar-refractivity contribution >= 4 is 5.91 Å². The number of rotatable bonds is 3. The molecular weight excluding hydrogens is 260 g/mol. The Morgan fingerprint density at radius 3 is 2.52 bits per heavy atom. The summed E-state index contributed by atoms with van der Waals surface area (Å²) in [5.41, 5.74) is 3.60. The predicted octanol–water partition coefficient (Wildman–Crippen LogP) is 2.78. The fourth-order valence-corrected chi connectivity index (χ4v) is 3.35. The molecule has 1 amide bonds. The molecule has 1 heterocycles. The molecule has 2 aliphatic rings. The Hall–Kier alpha value is -1.35. The van der Waals surface area contributed by atoms with Gasteiger partial charge in [-0.1, -0.05) is 12.5 Å². The first-order valence-corrected chi connectivity index (χ1v) is 8.30. The van der Waals surface area contributed by atoms with Gasteiger partial charge in [-0.3, -0.25) is 9.69 Å². The van der Waals surface area contributed by atoms with Crippen LogP contribution in [0.25, 0.3) is 0 Å². The second-order valence-corrected chi connectivity index (χ2v) is 6.73. The van der Waals surface area contributed by atoms with Crippen LogP contribution in [-0.2, 0) is 12.8 Å². The van der Waals surface area contributed by atoms with Crippen molar-refractivity contribution in [2.75, 3.05) is 13.1 Å². The standard InChI is InChI=1S/C18H26N2O/c1-13(2)19-18(21)16-7-6-14-8-10-20(17-4-3-5-17)11-9-15(14)12-16/h6-7,12-13,17H,3-5,8-11H2,1-2H3,(H,19,21). The van der Waals surface area contributed by atoms with Crippen LogP contribution in [0.2, 0.25) is 0 Å². The highest BCUT2D eigenvalue weighted by Crippen LogP contribution is 2.27. The summed E-state index contributed by atoms with van der Waals surface area (Å²) < 4.78 is 0. The van der Waals surface area contributed by atoms with Crippen LogP contribution in [0.1, 0.15) is 54.6 Å². The van der Waals surface area contributed by atoms with Crippen molar-refractivity contribution in [3.63, 3.8) is 0 Å². The Morgan fingerprint density at radius 1 is 1.19 bits per heavy atom. The lowest BCUT2D eigenvalue weighted by molar-refractivity contribution is 0.0943. The van der Waals surface area contributed by atoms with Gasteiger partial charge in [-0.05, 0) is 62.8 Å². The molecule has 0 radical (unpaired) electrons. The summed E-state index contributed by atoms with van der Waals surface area (Å²) >= 11 is 0. The summed E-state index contributed by atoms with van der Waals surface area (Å²) in [6.07, 6.45) is 6.34. The third-order valence-corrected chi connectivity index (χ3v) is 4.82. The first-order chi connectivity index (χ1) is 10.1. The molecule has 0 atom stereocenters. The maximum absolute atomic E-state index is 12.1. The number of fused-ring (bicyclic) bond motifs is 1. The van der Waals surface area contributed by atoms with Gasteiger partial charge in [0, 0.05) is 30.7 Å². The van der Waals surface area contributed by atoms with E-state index in [1.165, 1.54) is 36.9 Å². The molecule has 0 saturated heterocycles. The molecule has 1 aliphatic carbocycles. The van der Waals surface area contributed by atoms with E-state index >= 15 is 0 Å². The van der Waals surface area contributed by atoms with Crippen LogP contribution in [0.4, 0.5) is 0 Å². The van der Waals surface area contributed by atoms with Crippen molar-refractivity contribution in [3.05, 3.63) is 34.9 Å². The highest BCUT2D eigenvalue weighted by atomic mass is 16.1. The van der Waals surface area contributed by atoms with Crippen molar-refractivity contribution in [2.45, 2.75) is 58.0 Å². The number of nitrogens with one attached hydrogen (secondary N) is 1. The molecule has 3 heteroatoms. The summed E-state index contributed by atoms with van der Waals surface area (Å²) in [7, 11) is 0. The van der Waals surface area contributed by atoms with Gasteiger partial charge in [-0.25, -0.2) is 0 Å². The molecule has 1 N–H and O–H groups in total. The van der Waals surface area contributed by atoms with Crippen molar-refractivity contribution in [1.82, 2.24) is 10.2 Å². The molecule has 0 unspecified atom stereocenters. The second-order valence-electron chi connectivity index (χ2n) is 6.73. The Bertz CT molecular complexity index is 520. The lowest BCUT2D eigenvalue weighted by Gasteiger charge is -2.36. The number of amides is 1. The van der Waals surface area contributed by atoms with E-state index in [9.17, 15) is 4.79 Å². The van der Waals surface area contributed by atoms with Crippen molar-refractivity contribution in [3.8, 4) is 0 Å². The van der Waals surface area contributed by atoms with Gasteiger partial charge in [0.2, 0.25) is 0 Å². The lowest BCUT2D eigenvalue weighted by atomic mass is 9.91. The van der Waals surface area contributed by atoms with Crippen LogP contribution < -0.4 is 5.32 Å². The molecule has 1 aromatic rings. The maximum Gasteiger partial charge on any atom is 0.251 e. The Kier molecular flexibility index (Phi) is 4.29. The van der Waals surface area contributed by atoms with Crippen molar-refractivity contribution < 1.29 is 4.79 Å². The van der Waals surface area contributed by atoms with Gasteiger partial charge in [0.1, 0.15) is 0 Å². The Balaban J connectivity index is 1.71. The minimum absolute atomic E-state index is 0.0490. The lowest BCUT2D eigenvalue weighted by Crippen LogP contribution is -2.41. The zero-order valence-corrected chi connectivity index (χ0v) is 13.2. The van der Waals surface area contributed by atoms with E-state index in [1.54, 1.807) is 0 Å². The molecule has 0 aromatic heterocycles. The van der Waals surface area contributed by atoms with E-state index in [4.69, 9.17) is 0 Å². The number of hydrogen-bond acceptors (Lipinski definition) is 2. The summed E-state index contributed by atoms with van der Waals surface area (Å²) in [5, 5.41) is 2.98. The molecule has 0 bridgehead atoms. The molecule has 1 aliphatic heterocycles. The first kappa shape index (κ1) is 14.6. The summed E-state index contributed by atoms with van der Waals surface area (Å²) in [6, 6.07) is 7.26. The molecule has 21 heavy (non-hydrogen) atoms. The van der Waals surface area contributed by atoms with Crippen molar-refractivity contribution in [1.29, 1.82) is 0 Å². The van der Waals surface area contributed by atoms with E-state index < -0.39 is 0 Å². The normalized spacial score (nSPS) is 19.8. The van der Waals surface area contributed by atoms with E-state index in [2.05, 4.69) is 22.3 Å². The van der Waals surface area contributed by atoms with Gasteiger partial charge in [0.15, 0.2) is 0 Å². The molecule has 1 fully saturated rings. The Labute approximate surface area is 127 Å². The van der Waals surface area contributed by atoms with Gasteiger partial charge in [0.05, 0.1) is 0 Å². The smallest absolute Gasteiger partial charge is 0.251 e. The predicted molar refractivity (Wildman–Crippen MR) is 85.7 cm³/mol. The number of carbonyl (C=O) groups is 1. The van der Waals surface area contributed by atoms with Gasteiger partial charge in [-0.2, -0.15) is 0 Å². The van der Waals surface area contributed by atoms with E-state index in [0.717, 1.165) is 31.0 Å². The number of carbonyl (C=O) groups excluding carboxylic acids is 1. The Morgan fingerprint density at radius 2 is 1.90 bits per heavy atom. The summed E-state index contributed by atoms with van der Waals surface area (Å²) in [6.45, 7) is 6.32. The van der Waals surface area contributed by atoms with E-state index in [1.807, 2.05) is 19.9 Å². The van der Waals surface area contributed by atoms with E-state index in [-0.39, 0.29) is 11.9 Å². The van der Waals surface area contributed by atoms with Crippen LogP contribution in [0.15, 0.2) is 18.2 Å². The first-order valence-electron chi connectivity index (χ1n) is 8.30. The topological polar surface area (TPSA) is 32.3 Å². The molecule has 0 spiro atoms. The minimum atomic E-state index is 0.0490. The fourth-order valence-electron chi connectivity index (χ4n) is 3.35. The maximum atomic E-state index is 12.1. The monoisotopic (exact) mass is 286 g/mol. The van der Waals surface area contributed by atoms with Crippen molar-refractivity contribution in [2.24, 2.45) is 0 Å². The average Bonchev–Trinajstić information content (AvgIpc) is 2.58. The van der Waals surface area contributed by atoms with Gasteiger partial charge in [0.25, 0.3) is 5.91 Å². The largest absolute Gasteiger partial charge is 0.350 e. The van der Waals surface area contributed by atoms with Crippen LogP contribution in [0.3, 0.4) is 0 Å². The quantitative estimate of drug-likeness (QED) is 0.926. The third kappa shape index (κ3) is 3.29. The summed E-state index contributed by atoms with van der Waals surface area (Å²) in [5.74, 6) is 0.0490. The number of hydrogen-bond donors (Lipinski definition) is 1. The highest BCUT2D eigenvalue weighted by molar-refractivity contribution is 5.94. The average molecular weight is 286 g/mol. The highest BCUT2D eigenvalue weighted by Gasteiger charge is 2.26.